The monoisotopic (exact) mass is 485 g/mol. The minimum atomic E-state index is -0.442. The molecule has 0 aliphatic carbocycles. The van der Waals surface area contributed by atoms with E-state index in [-0.39, 0.29) is 17.3 Å². The molecule has 176 valence electrons. The summed E-state index contributed by atoms with van der Waals surface area (Å²) in [4.78, 5) is 27.6. The summed E-state index contributed by atoms with van der Waals surface area (Å²) >= 11 is 1.34. The van der Waals surface area contributed by atoms with Gasteiger partial charge in [-0.1, -0.05) is 65.9 Å². The fraction of sp³-hybridized carbons (Fsp3) is 0.115. The van der Waals surface area contributed by atoms with E-state index >= 15 is 0 Å². The van der Waals surface area contributed by atoms with E-state index in [9.17, 15) is 14.9 Å². The number of aryl methyl sites for hydroxylation is 1. The molecule has 0 bridgehead atoms. The molecule has 0 unspecified atom stereocenters. The molecule has 4 aromatic rings. The average Bonchev–Trinajstić information content (AvgIpc) is 3.21. The fourth-order valence-corrected chi connectivity index (χ4v) is 4.25. The minimum absolute atomic E-state index is 0.00566. The molecule has 3 aromatic carbocycles. The van der Waals surface area contributed by atoms with Gasteiger partial charge < -0.3 is 4.57 Å². The largest absolute Gasteiger partial charge is 0.314 e. The molecule has 1 N–H and O–H groups in total. The molecule has 0 saturated heterocycles. The lowest BCUT2D eigenvalue weighted by molar-refractivity contribution is -0.385. The molecule has 9 heteroatoms. The number of nitrogens with one attached hydrogen (secondary N) is 1. The van der Waals surface area contributed by atoms with Crippen LogP contribution in [0, 0.1) is 17.0 Å². The number of hydrazone groups is 1. The molecule has 1 aromatic heterocycles. The third-order valence-electron chi connectivity index (χ3n) is 5.17. The molecule has 0 saturated carbocycles. The van der Waals surface area contributed by atoms with Crippen molar-refractivity contribution in [3.63, 3.8) is 0 Å². The number of nitrogens with zero attached hydrogens (tertiary/aromatic N) is 4. The number of carbonyl (C=O) groups excluding carboxylic acids is 1. The van der Waals surface area contributed by atoms with E-state index < -0.39 is 4.92 Å². The Morgan fingerprint density at radius 1 is 1.11 bits per heavy atom. The van der Waals surface area contributed by atoms with Crippen LogP contribution in [0.15, 0.2) is 89.1 Å². The molecule has 8 nitrogen and oxygen atoms in total. The number of allylic oxidation sites excluding steroid dienone is 1. The summed E-state index contributed by atoms with van der Waals surface area (Å²) in [7, 11) is 0. The van der Waals surface area contributed by atoms with Gasteiger partial charge in [-0.15, -0.1) is 0 Å². The van der Waals surface area contributed by atoms with Gasteiger partial charge in [0.15, 0.2) is 5.16 Å². The van der Waals surface area contributed by atoms with Gasteiger partial charge in [-0.2, -0.15) is 5.10 Å². The Bertz CT molecular complexity index is 1410. The molecule has 0 aliphatic rings. The Morgan fingerprint density at radius 3 is 2.66 bits per heavy atom. The van der Waals surface area contributed by atoms with E-state index in [4.69, 9.17) is 4.98 Å². The van der Waals surface area contributed by atoms with Crippen molar-refractivity contribution in [1.29, 1.82) is 0 Å². The molecular weight excluding hydrogens is 462 g/mol. The van der Waals surface area contributed by atoms with Crippen molar-refractivity contribution >= 4 is 46.7 Å². The summed E-state index contributed by atoms with van der Waals surface area (Å²) in [5.74, 6) is -0.137. The van der Waals surface area contributed by atoms with Crippen LogP contribution in [0.4, 0.5) is 5.69 Å². The van der Waals surface area contributed by atoms with Crippen LogP contribution in [0.2, 0.25) is 0 Å². The smallest absolute Gasteiger partial charge is 0.276 e. The van der Waals surface area contributed by atoms with E-state index in [1.807, 2.05) is 24.3 Å². The second kappa shape index (κ2) is 11.3. The van der Waals surface area contributed by atoms with Gasteiger partial charge in [0.05, 0.1) is 33.8 Å². The van der Waals surface area contributed by atoms with Crippen LogP contribution in [0.1, 0.15) is 16.7 Å². The minimum Gasteiger partial charge on any atom is -0.314 e. The van der Waals surface area contributed by atoms with Crippen LogP contribution in [0.25, 0.3) is 17.1 Å². The number of amides is 1. The SMILES string of the molecule is Cc1ccc(Cn2c(SCC(=O)N/N=C/C=C\c3ccccc3[N+](=O)[O-])nc3ccccc32)cc1. The molecule has 0 spiro atoms. The van der Waals surface area contributed by atoms with Crippen LogP contribution < -0.4 is 5.43 Å². The predicted molar refractivity (Wildman–Crippen MR) is 140 cm³/mol. The number of fused-ring (bicyclic) bond motifs is 1. The molecule has 0 aliphatic heterocycles. The molecule has 0 radical (unpaired) electrons. The highest BCUT2D eigenvalue weighted by molar-refractivity contribution is 7.99. The maximum Gasteiger partial charge on any atom is 0.276 e. The summed E-state index contributed by atoms with van der Waals surface area (Å²) in [6, 6.07) is 22.6. The summed E-state index contributed by atoms with van der Waals surface area (Å²) in [6.07, 6.45) is 4.48. The molecule has 1 amide bonds. The lowest BCUT2D eigenvalue weighted by atomic mass is 10.1. The lowest BCUT2D eigenvalue weighted by Gasteiger charge is -2.09. The van der Waals surface area contributed by atoms with Crippen molar-refractivity contribution in [3.05, 3.63) is 106 Å². The van der Waals surface area contributed by atoms with Gasteiger partial charge in [-0.25, -0.2) is 10.4 Å². The molecular formula is C26H23N5O3S. The Hall–Kier alpha value is -4.24. The zero-order valence-corrected chi connectivity index (χ0v) is 19.8. The van der Waals surface area contributed by atoms with E-state index in [0.29, 0.717) is 12.1 Å². The van der Waals surface area contributed by atoms with Gasteiger partial charge >= 0.3 is 0 Å². The van der Waals surface area contributed by atoms with Gasteiger partial charge in [-0.3, -0.25) is 14.9 Å². The van der Waals surface area contributed by atoms with Crippen molar-refractivity contribution in [2.24, 2.45) is 5.10 Å². The average molecular weight is 486 g/mol. The Morgan fingerprint density at radius 2 is 1.86 bits per heavy atom. The van der Waals surface area contributed by atoms with Crippen LogP contribution in [0.5, 0.6) is 0 Å². The van der Waals surface area contributed by atoms with E-state index in [0.717, 1.165) is 21.8 Å². The van der Waals surface area contributed by atoms with Crippen molar-refractivity contribution in [2.45, 2.75) is 18.6 Å². The number of aromatic nitrogens is 2. The van der Waals surface area contributed by atoms with Crippen LogP contribution in [-0.2, 0) is 11.3 Å². The van der Waals surface area contributed by atoms with Crippen molar-refractivity contribution in [1.82, 2.24) is 15.0 Å². The Labute approximate surface area is 206 Å². The van der Waals surface area contributed by atoms with Crippen molar-refractivity contribution < 1.29 is 9.72 Å². The third kappa shape index (κ3) is 6.21. The number of carbonyl (C=O) groups is 1. The number of rotatable bonds is 9. The first-order valence-corrected chi connectivity index (χ1v) is 11.9. The number of thioether (sulfide) groups is 1. The molecule has 0 fully saturated rings. The molecule has 4 rings (SSSR count). The maximum absolute atomic E-state index is 12.3. The highest BCUT2D eigenvalue weighted by atomic mass is 32.2. The normalized spacial score (nSPS) is 11.5. The third-order valence-corrected chi connectivity index (χ3v) is 6.15. The first-order chi connectivity index (χ1) is 17.0. The highest BCUT2D eigenvalue weighted by Crippen LogP contribution is 2.25. The zero-order valence-electron chi connectivity index (χ0n) is 19.0. The summed E-state index contributed by atoms with van der Waals surface area (Å²) in [6.45, 7) is 2.71. The van der Waals surface area contributed by atoms with Crippen LogP contribution in [-0.4, -0.2) is 32.3 Å². The molecule has 0 atom stereocenters. The Kier molecular flexibility index (Phi) is 7.69. The topological polar surface area (TPSA) is 102 Å². The van der Waals surface area contributed by atoms with E-state index in [2.05, 4.69) is 46.3 Å². The number of hydrogen-bond acceptors (Lipinski definition) is 6. The van der Waals surface area contributed by atoms with Gasteiger partial charge in [0, 0.05) is 12.3 Å². The van der Waals surface area contributed by atoms with Gasteiger partial charge in [0.1, 0.15) is 0 Å². The van der Waals surface area contributed by atoms with E-state index in [1.54, 1.807) is 24.3 Å². The van der Waals surface area contributed by atoms with Crippen molar-refractivity contribution in [3.8, 4) is 0 Å². The Balaban J connectivity index is 1.38. The molecule has 35 heavy (non-hydrogen) atoms. The lowest BCUT2D eigenvalue weighted by Crippen LogP contribution is -2.19. The van der Waals surface area contributed by atoms with Crippen LogP contribution in [0.3, 0.4) is 0 Å². The second-order valence-corrected chi connectivity index (χ2v) is 8.67. The predicted octanol–water partition coefficient (Wildman–Crippen LogP) is 5.21. The van der Waals surface area contributed by atoms with Gasteiger partial charge in [0.2, 0.25) is 0 Å². The summed E-state index contributed by atoms with van der Waals surface area (Å²) < 4.78 is 2.11. The number of nitro benzene ring substituents is 1. The van der Waals surface area contributed by atoms with Crippen LogP contribution >= 0.6 is 11.8 Å². The number of hydrogen-bond donors (Lipinski definition) is 1. The molecule has 1 heterocycles. The fourth-order valence-electron chi connectivity index (χ4n) is 3.45. The van der Waals surface area contributed by atoms with Gasteiger partial charge in [0.25, 0.3) is 11.6 Å². The maximum atomic E-state index is 12.3. The quantitative estimate of drug-likeness (QED) is 0.152. The number of para-hydroxylation sites is 3. The van der Waals surface area contributed by atoms with Gasteiger partial charge in [-0.05, 0) is 42.8 Å². The zero-order chi connectivity index (χ0) is 24.6. The summed E-state index contributed by atoms with van der Waals surface area (Å²) in [5.41, 5.74) is 7.17. The summed E-state index contributed by atoms with van der Waals surface area (Å²) in [5, 5.41) is 15.7. The first kappa shape index (κ1) is 23.9. The van der Waals surface area contributed by atoms with E-state index in [1.165, 1.54) is 35.7 Å². The standard InChI is InChI=1S/C26H23N5O3S/c1-19-12-14-20(15-13-19)17-30-24-11-5-3-9-22(24)28-26(30)35-18-25(32)29-27-16-6-8-21-7-2-4-10-23(21)31(33)34/h2-16H,17-18H2,1H3,(H,29,32)/b8-6-,27-16+. The van der Waals surface area contributed by atoms with Crippen molar-refractivity contribution in [2.75, 3.05) is 5.75 Å². The number of imidazole rings is 1. The second-order valence-electron chi connectivity index (χ2n) is 7.73. The number of benzene rings is 3. The highest BCUT2D eigenvalue weighted by Gasteiger charge is 2.13. The number of nitro groups is 1. The first-order valence-electron chi connectivity index (χ1n) is 10.9.